The smallest absolute Gasteiger partial charge is 0.119 e. The second-order valence-electron chi connectivity index (χ2n) is 2.34. The van der Waals surface area contributed by atoms with Gasteiger partial charge in [-0.25, -0.2) is 0 Å². The van der Waals surface area contributed by atoms with Crippen molar-refractivity contribution >= 4 is 0 Å². The van der Waals surface area contributed by atoms with Crippen molar-refractivity contribution in [2.75, 3.05) is 6.54 Å². The van der Waals surface area contributed by atoms with E-state index in [0.717, 1.165) is 6.42 Å². The Labute approximate surface area is 60.1 Å². The molecule has 0 aliphatic carbocycles. The van der Waals surface area contributed by atoms with Crippen LogP contribution in [0.4, 0.5) is 0 Å². The highest BCUT2D eigenvalue weighted by Crippen LogP contribution is 2.05. The first-order chi connectivity index (χ1) is 4.84. The molecule has 0 saturated carbocycles. The van der Waals surface area contributed by atoms with Crippen molar-refractivity contribution < 1.29 is 0 Å². The molecule has 0 fully saturated rings. The van der Waals surface area contributed by atoms with Crippen LogP contribution >= 0.6 is 0 Å². The molecule has 0 saturated heterocycles. The van der Waals surface area contributed by atoms with Crippen molar-refractivity contribution in [3.05, 3.63) is 12.7 Å². The lowest BCUT2D eigenvalue weighted by Gasteiger charge is -2.08. The number of hydrogen-bond donors (Lipinski definition) is 1. The normalized spacial score (nSPS) is 13.4. The fourth-order valence-electron chi connectivity index (χ4n) is 0.827. The molecule has 0 bridgehead atoms. The second kappa shape index (κ2) is 3.31. The van der Waals surface area contributed by atoms with E-state index >= 15 is 0 Å². The van der Waals surface area contributed by atoms with E-state index in [2.05, 4.69) is 17.1 Å². The molecule has 10 heavy (non-hydrogen) atoms. The Hall–Kier alpha value is -0.900. The van der Waals surface area contributed by atoms with E-state index < -0.39 is 0 Å². The summed E-state index contributed by atoms with van der Waals surface area (Å²) in [7, 11) is 0. The van der Waals surface area contributed by atoms with Gasteiger partial charge in [-0.2, -0.15) is 0 Å². The van der Waals surface area contributed by atoms with E-state index in [9.17, 15) is 0 Å². The van der Waals surface area contributed by atoms with Gasteiger partial charge >= 0.3 is 0 Å². The molecule has 1 aromatic heterocycles. The lowest BCUT2D eigenvalue weighted by Crippen LogP contribution is -2.09. The van der Waals surface area contributed by atoms with Gasteiger partial charge in [0.15, 0.2) is 0 Å². The van der Waals surface area contributed by atoms with E-state index in [1.807, 2.05) is 4.57 Å². The summed E-state index contributed by atoms with van der Waals surface area (Å²) in [4.78, 5) is 0. The van der Waals surface area contributed by atoms with Crippen molar-refractivity contribution in [3.8, 4) is 0 Å². The van der Waals surface area contributed by atoms with Gasteiger partial charge in [0.05, 0.1) is 0 Å². The summed E-state index contributed by atoms with van der Waals surface area (Å²) < 4.78 is 1.95. The molecular formula is C6H12N4. The van der Waals surface area contributed by atoms with Crippen molar-refractivity contribution in [1.82, 2.24) is 14.8 Å². The minimum Gasteiger partial charge on any atom is -0.330 e. The average Bonchev–Trinajstić information content (AvgIpc) is 2.38. The van der Waals surface area contributed by atoms with Crippen LogP contribution < -0.4 is 5.73 Å². The zero-order valence-electron chi connectivity index (χ0n) is 6.07. The lowest BCUT2D eigenvalue weighted by molar-refractivity contribution is 0.512. The fraction of sp³-hybridized carbons (Fsp3) is 0.667. The minimum atomic E-state index is 0.417. The number of rotatable bonds is 3. The Kier molecular flexibility index (Phi) is 2.39. The molecule has 0 amide bonds. The SMILES string of the molecule is CC(CCN)n1cnnc1. The molecule has 4 heteroatoms. The Morgan fingerprint density at radius 2 is 2.10 bits per heavy atom. The van der Waals surface area contributed by atoms with E-state index in [1.165, 1.54) is 0 Å². The molecule has 0 spiro atoms. The first kappa shape index (κ1) is 7.21. The molecule has 4 nitrogen and oxygen atoms in total. The molecule has 56 valence electrons. The van der Waals surface area contributed by atoms with Crippen molar-refractivity contribution in [2.24, 2.45) is 5.73 Å². The average molecular weight is 140 g/mol. The summed E-state index contributed by atoms with van der Waals surface area (Å²) in [5.41, 5.74) is 5.38. The summed E-state index contributed by atoms with van der Waals surface area (Å²) in [6.07, 6.45) is 4.39. The predicted octanol–water partition coefficient (Wildman–Crippen LogP) is 0.188. The van der Waals surface area contributed by atoms with Crippen LogP contribution in [0, 0.1) is 0 Å². The number of nitrogens with two attached hydrogens (primary N) is 1. The van der Waals surface area contributed by atoms with Crippen molar-refractivity contribution in [3.63, 3.8) is 0 Å². The van der Waals surface area contributed by atoms with Crippen LogP contribution in [0.1, 0.15) is 19.4 Å². The monoisotopic (exact) mass is 140 g/mol. The summed E-state index contributed by atoms with van der Waals surface area (Å²) in [6, 6.07) is 0.417. The summed E-state index contributed by atoms with van der Waals surface area (Å²) >= 11 is 0. The third-order valence-electron chi connectivity index (χ3n) is 1.53. The molecule has 1 aromatic rings. The van der Waals surface area contributed by atoms with Crippen LogP contribution in [0.5, 0.6) is 0 Å². The Morgan fingerprint density at radius 1 is 1.50 bits per heavy atom. The van der Waals surface area contributed by atoms with Crippen molar-refractivity contribution in [1.29, 1.82) is 0 Å². The number of nitrogens with zero attached hydrogens (tertiary/aromatic N) is 3. The van der Waals surface area contributed by atoms with Crippen LogP contribution in [0.15, 0.2) is 12.7 Å². The van der Waals surface area contributed by atoms with Gasteiger partial charge in [0, 0.05) is 6.04 Å². The minimum absolute atomic E-state index is 0.417. The van der Waals surface area contributed by atoms with Crippen LogP contribution in [-0.2, 0) is 0 Å². The van der Waals surface area contributed by atoms with Crippen LogP contribution in [0.3, 0.4) is 0 Å². The molecule has 0 radical (unpaired) electrons. The first-order valence-electron chi connectivity index (χ1n) is 3.38. The number of hydrogen-bond acceptors (Lipinski definition) is 3. The second-order valence-corrected chi connectivity index (χ2v) is 2.34. The van der Waals surface area contributed by atoms with Gasteiger partial charge in [-0.15, -0.1) is 10.2 Å². The molecule has 0 aromatic carbocycles. The topological polar surface area (TPSA) is 56.7 Å². The summed E-state index contributed by atoms with van der Waals surface area (Å²) in [6.45, 7) is 2.80. The first-order valence-corrected chi connectivity index (χ1v) is 3.38. The van der Waals surface area contributed by atoms with Gasteiger partial charge in [0.2, 0.25) is 0 Å². The zero-order valence-corrected chi connectivity index (χ0v) is 6.07. The van der Waals surface area contributed by atoms with Gasteiger partial charge in [-0.1, -0.05) is 0 Å². The highest BCUT2D eigenvalue weighted by Gasteiger charge is 2.00. The van der Waals surface area contributed by atoms with Crippen LogP contribution in [-0.4, -0.2) is 21.3 Å². The van der Waals surface area contributed by atoms with E-state index in [-0.39, 0.29) is 0 Å². The molecule has 1 heterocycles. The third-order valence-corrected chi connectivity index (χ3v) is 1.53. The quantitative estimate of drug-likeness (QED) is 0.652. The Bertz CT molecular complexity index is 170. The van der Waals surface area contributed by atoms with Gasteiger partial charge < -0.3 is 10.3 Å². The molecule has 1 unspecified atom stereocenters. The van der Waals surface area contributed by atoms with Crippen LogP contribution in [0.25, 0.3) is 0 Å². The standard InChI is InChI=1S/C6H12N4/c1-6(2-3-7)10-4-8-9-5-10/h4-6H,2-3,7H2,1H3. The van der Waals surface area contributed by atoms with E-state index in [1.54, 1.807) is 12.7 Å². The molecule has 0 aliphatic heterocycles. The van der Waals surface area contributed by atoms with Gasteiger partial charge in [0.25, 0.3) is 0 Å². The highest BCUT2D eigenvalue weighted by atomic mass is 15.2. The third kappa shape index (κ3) is 1.54. The molecule has 1 rings (SSSR count). The maximum atomic E-state index is 5.38. The zero-order chi connectivity index (χ0) is 7.40. The largest absolute Gasteiger partial charge is 0.330 e. The lowest BCUT2D eigenvalue weighted by atomic mass is 10.2. The van der Waals surface area contributed by atoms with Gasteiger partial charge in [-0.05, 0) is 19.9 Å². The molecular weight excluding hydrogens is 128 g/mol. The summed E-state index contributed by atoms with van der Waals surface area (Å²) in [5, 5.41) is 7.40. The number of aromatic nitrogens is 3. The molecule has 0 aliphatic rings. The predicted molar refractivity (Wildman–Crippen MR) is 38.4 cm³/mol. The van der Waals surface area contributed by atoms with E-state index in [0.29, 0.717) is 12.6 Å². The molecule has 1 atom stereocenters. The van der Waals surface area contributed by atoms with Gasteiger partial charge in [-0.3, -0.25) is 0 Å². The Balaban J connectivity index is 2.50. The van der Waals surface area contributed by atoms with Gasteiger partial charge in [0.1, 0.15) is 12.7 Å². The Morgan fingerprint density at radius 3 is 2.60 bits per heavy atom. The highest BCUT2D eigenvalue weighted by molar-refractivity contribution is 4.68. The summed E-state index contributed by atoms with van der Waals surface area (Å²) in [5.74, 6) is 0. The van der Waals surface area contributed by atoms with Crippen molar-refractivity contribution in [2.45, 2.75) is 19.4 Å². The maximum Gasteiger partial charge on any atom is 0.119 e. The van der Waals surface area contributed by atoms with E-state index in [4.69, 9.17) is 5.73 Å². The fourth-order valence-corrected chi connectivity index (χ4v) is 0.827. The van der Waals surface area contributed by atoms with Crippen LogP contribution in [0.2, 0.25) is 0 Å². The molecule has 2 N–H and O–H groups in total. The maximum absolute atomic E-state index is 5.38.